The molecule has 0 unspecified atom stereocenters. The van der Waals surface area contributed by atoms with Crippen LogP contribution in [-0.2, 0) is 0 Å². The molecule has 15 heavy (non-hydrogen) atoms. The number of nitro groups is 1. The van der Waals surface area contributed by atoms with E-state index in [0.29, 0.717) is 0 Å². The van der Waals surface area contributed by atoms with Crippen LogP contribution in [0.3, 0.4) is 0 Å². The molecule has 0 aromatic heterocycles. The van der Waals surface area contributed by atoms with Crippen molar-refractivity contribution in [2.24, 2.45) is 0 Å². The topological polar surface area (TPSA) is 78.4 Å². The van der Waals surface area contributed by atoms with E-state index >= 15 is 0 Å². The summed E-state index contributed by atoms with van der Waals surface area (Å²) in [6, 6.07) is 2.31. The minimum absolute atomic E-state index is 0.130. The van der Waals surface area contributed by atoms with Gasteiger partial charge in [0.05, 0.1) is 9.40 Å². The standard InChI is InChI=1S/C7H5BrF2N2O3/c8-3-1-2-4(12(13)14)5(11)6(3)15-7(9)10/h1-2,7H,11H2. The maximum Gasteiger partial charge on any atom is 0.387 e. The third-order valence-electron chi connectivity index (χ3n) is 1.53. The van der Waals surface area contributed by atoms with Crippen molar-refractivity contribution in [3.8, 4) is 5.75 Å². The van der Waals surface area contributed by atoms with Crippen molar-refractivity contribution in [2.45, 2.75) is 6.61 Å². The minimum atomic E-state index is -3.09. The lowest BCUT2D eigenvalue weighted by Gasteiger charge is -2.09. The first-order valence-electron chi connectivity index (χ1n) is 3.60. The monoisotopic (exact) mass is 282 g/mol. The number of benzene rings is 1. The predicted molar refractivity (Wildman–Crippen MR) is 51.8 cm³/mol. The summed E-state index contributed by atoms with van der Waals surface area (Å²) in [7, 11) is 0. The molecule has 0 atom stereocenters. The van der Waals surface area contributed by atoms with Gasteiger partial charge in [-0.25, -0.2) is 0 Å². The third-order valence-corrected chi connectivity index (χ3v) is 2.15. The van der Waals surface area contributed by atoms with Gasteiger partial charge in [0.15, 0.2) is 11.4 Å². The molecule has 82 valence electrons. The highest BCUT2D eigenvalue weighted by Gasteiger charge is 2.20. The molecule has 0 amide bonds. The van der Waals surface area contributed by atoms with E-state index in [1.54, 1.807) is 0 Å². The Labute approximate surface area is 91.1 Å². The summed E-state index contributed by atoms with van der Waals surface area (Å²) in [6.07, 6.45) is 0. The molecular weight excluding hydrogens is 278 g/mol. The summed E-state index contributed by atoms with van der Waals surface area (Å²) in [5, 5.41) is 10.4. The van der Waals surface area contributed by atoms with E-state index < -0.39 is 28.7 Å². The first kappa shape index (κ1) is 11.6. The average molecular weight is 283 g/mol. The van der Waals surface area contributed by atoms with Crippen LogP contribution in [-0.4, -0.2) is 11.5 Å². The second kappa shape index (κ2) is 4.39. The smallest absolute Gasteiger partial charge is 0.387 e. The Morgan fingerprint density at radius 3 is 2.60 bits per heavy atom. The van der Waals surface area contributed by atoms with Crippen LogP contribution < -0.4 is 10.5 Å². The fraction of sp³-hybridized carbons (Fsp3) is 0.143. The van der Waals surface area contributed by atoms with Gasteiger partial charge in [-0.05, 0) is 22.0 Å². The van der Waals surface area contributed by atoms with Crippen LogP contribution in [0, 0.1) is 10.1 Å². The van der Waals surface area contributed by atoms with Gasteiger partial charge in [0.2, 0.25) is 0 Å². The number of ether oxygens (including phenoxy) is 1. The predicted octanol–water partition coefficient (Wildman–Crippen LogP) is 2.54. The number of anilines is 1. The number of nitrogens with zero attached hydrogens (tertiary/aromatic N) is 1. The molecule has 2 N–H and O–H groups in total. The molecule has 1 aromatic carbocycles. The number of alkyl halides is 2. The van der Waals surface area contributed by atoms with Crippen molar-refractivity contribution in [3.05, 3.63) is 26.7 Å². The van der Waals surface area contributed by atoms with Crippen LogP contribution in [0.5, 0.6) is 5.75 Å². The average Bonchev–Trinajstić information content (AvgIpc) is 2.11. The summed E-state index contributed by atoms with van der Waals surface area (Å²) in [5.41, 5.74) is 4.39. The Morgan fingerprint density at radius 1 is 1.53 bits per heavy atom. The van der Waals surface area contributed by atoms with Gasteiger partial charge in [-0.3, -0.25) is 10.1 Å². The van der Waals surface area contributed by atoms with E-state index in [1.807, 2.05) is 0 Å². The molecule has 8 heteroatoms. The molecule has 0 saturated heterocycles. The van der Waals surface area contributed by atoms with E-state index in [1.165, 1.54) is 6.07 Å². The van der Waals surface area contributed by atoms with Crippen LogP contribution in [0.4, 0.5) is 20.2 Å². The second-order valence-corrected chi connectivity index (χ2v) is 3.30. The van der Waals surface area contributed by atoms with Gasteiger partial charge in [-0.1, -0.05) is 0 Å². The molecule has 0 radical (unpaired) electrons. The Kier molecular flexibility index (Phi) is 3.40. The molecule has 0 spiro atoms. The lowest BCUT2D eigenvalue weighted by atomic mass is 10.2. The summed E-state index contributed by atoms with van der Waals surface area (Å²) in [6.45, 7) is -3.09. The van der Waals surface area contributed by atoms with Gasteiger partial charge < -0.3 is 10.5 Å². The number of halogens is 3. The second-order valence-electron chi connectivity index (χ2n) is 2.44. The van der Waals surface area contributed by atoms with Crippen LogP contribution in [0.1, 0.15) is 0 Å². The largest absolute Gasteiger partial charge is 0.431 e. The van der Waals surface area contributed by atoms with Crippen molar-refractivity contribution in [3.63, 3.8) is 0 Å². The normalized spacial score (nSPS) is 10.4. The summed E-state index contributed by atoms with van der Waals surface area (Å²) >= 11 is 2.90. The van der Waals surface area contributed by atoms with Crippen molar-refractivity contribution in [1.29, 1.82) is 0 Å². The molecule has 0 aliphatic heterocycles. The Balaban J connectivity index is 3.24. The highest BCUT2D eigenvalue weighted by molar-refractivity contribution is 9.10. The zero-order valence-electron chi connectivity index (χ0n) is 7.12. The van der Waals surface area contributed by atoms with Crippen LogP contribution in [0.2, 0.25) is 0 Å². The van der Waals surface area contributed by atoms with Crippen LogP contribution in [0.25, 0.3) is 0 Å². The third kappa shape index (κ3) is 2.52. The Morgan fingerprint density at radius 2 is 2.13 bits per heavy atom. The molecule has 0 aliphatic rings. The highest BCUT2D eigenvalue weighted by atomic mass is 79.9. The Hall–Kier alpha value is -1.44. The van der Waals surface area contributed by atoms with Crippen LogP contribution >= 0.6 is 15.9 Å². The van der Waals surface area contributed by atoms with Gasteiger partial charge in [-0.15, -0.1) is 0 Å². The molecule has 0 heterocycles. The Bertz CT molecular complexity index is 400. The van der Waals surface area contributed by atoms with Gasteiger partial charge in [-0.2, -0.15) is 8.78 Å². The molecule has 0 fully saturated rings. The summed E-state index contributed by atoms with van der Waals surface area (Å²) < 4.78 is 28.1. The molecule has 0 saturated carbocycles. The van der Waals surface area contributed by atoms with Gasteiger partial charge >= 0.3 is 6.61 Å². The van der Waals surface area contributed by atoms with Crippen LogP contribution in [0.15, 0.2) is 16.6 Å². The minimum Gasteiger partial charge on any atom is -0.431 e. The quantitative estimate of drug-likeness (QED) is 0.525. The van der Waals surface area contributed by atoms with Gasteiger partial charge in [0.1, 0.15) is 0 Å². The van der Waals surface area contributed by atoms with E-state index in [4.69, 9.17) is 5.73 Å². The summed E-state index contributed by atoms with van der Waals surface area (Å²) in [5.74, 6) is -0.431. The SMILES string of the molecule is Nc1c([N+](=O)[O-])ccc(Br)c1OC(F)F. The van der Waals surface area contributed by atoms with E-state index in [0.717, 1.165) is 6.07 Å². The van der Waals surface area contributed by atoms with Crippen molar-refractivity contribution < 1.29 is 18.4 Å². The first-order chi connectivity index (χ1) is 6.93. The van der Waals surface area contributed by atoms with E-state index in [2.05, 4.69) is 20.7 Å². The van der Waals surface area contributed by atoms with E-state index in [-0.39, 0.29) is 4.47 Å². The molecule has 1 aromatic rings. The molecule has 5 nitrogen and oxygen atoms in total. The number of hydrogen-bond acceptors (Lipinski definition) is 4. The zero-order chi connectivity index (χ0) is 11.6. The highest BCUT2D eigenvalue weighted by Crippen LogP contribution is 2.38. The molecule has 0 bridgehead atoms. The fourth-order valence-electron chi connectivity index (χ4n) is 0.931. The van der Waals surface area contributed by atoms with Crippen molar-refractivity contribution in [1.82, 2.24) is 0 Å². The van der Waals surface area contributed by atoms with Gasteiger partial charge in [0, 0.05) is 6.07 Å². The molecule has 0 aliphatic carbocycles. The number of rotatable bonds is 3. The number of nitrogens with two attached hydrogens (primary N) is 1. The lowest BCUT2D eigenvalue weighted by molar-refractivity contribution is -0.384. The van der Waals surface area contributed by atoms with E-state index in [9.17, 15) is 18.9 Å². The lowest BCUT2D eigenvalue weighted by Crippen LogP contribution is -2.06. The van der Waals surface area contributed by atoms with Crippen molar-refractivity contribution in [2.75, 3.05) is 5.73 Å². The summed E-state index contributed by atoms with van der Waals surface area (Å²) in [4.78, 5) is 9.66. The number of nitrogen functional groups attached to an aromatic ring is 1. The van der Waals surface area contributed by atoms with Crippen molar-refractivity contribution >= 4 is 27.3 Å². The maximum atomic E-state index is 11.9. The molecular formula is C7H5BrF2N2O3. The van der Waals surface area contributed by atoms with Gasteiger partial charge in [0.25, 0.3) is 5.69 Å². The fourth-order valence-corrected chi connectivity index (χ4v) is 1.37. The molecule has 1 rings (SSSR count). The maximum absolute atomic E-state index is 11.9. The first-order valence-corrected chi connectivity index (χ1v) is 4.40. The zero-order valence-corrected chi connectivity index (χ0v) is 8.70. The number of hydrogen-bond donors (Lipinski definition) is 1. The number of nitro benzene ring substituents is 1.